The molecule has 2 N–H and O–H groups in total. The summed E-state index contributed by atoms with van der Waals surface area (Å²) < 4.78 is 1.87. The molecule has 5 aliphatic carbocycles. The molecule has 0 spiro atoms. The van der Waals surface area contributed by atoms with Gasteiger partial charge in [0.25, 0.3) is 0 Å². The van der Waals surface area contributed by atoms with Crippen LogP contribution in [-0.4, -0.2) is 42.3 Å². The van der Waals surface area contributed by atoms with Crippen molar-refractivity contribution in [3.8, 4) is 11.3 Å². The standard InChI is InChI=1S/C37H52N4O3/c1-23(21-41-22-27(39-40-41)24-8-7-19-38-20-24)25-11-16-37(32(43)44)18-17-35(5)26(31(25)37)9-10-29-34(4)14-13-30(42)33(2,3)28(34)12-15-36(29,35)6/h7-8,19-20,22,25-26,28-31,42H,1,9-18,21H2,2-6H3,(H,43,44)/t25-,26+,28-,29+,30-,31+,34-,35+,36+,37-/m0/s1. The van der Waals surface area contributed by atoms with E-state index in [2.05, 4.69) is 56.5 Å². The maximum atomic E-state index is 13.2. The molecule has 2 aromatic rings. The molecule has 2 aromatic heterocycles. The molecule has 5 saturated carbocycles. The zero-order valence-corrected chi connectivity index (χ0v) is 27.4. The van der Waals surface area contributed by atoms with Crippen molar-refractivity contribution in [3.63, 3.8) is 0 Å². The summed E-state index contributed by atoms with van der Waals surface area (Å²) >= 11 is 0. The molecule has 7 heteroatoms. The molecule has 5 aliphatic rings. The first-order valence-electron chi connectivity index (χ1n) is 17.2. The Balaban J connectivity index is 1.20. The predicted octanol–water partition coefficient (Wildman–Crippen LogP) is 7.42. The van der Waals surface area contributed by atoms with Crippen LogP contribution in [0.1, 0.15) is 98.8 Å². The maximum Gasteiger partial charge on any atom is 0.309 e. The molecule has 44 heavy (non-hydrogen) atoms. The lowest BCUT2D eigenvalue weighted by Gasteiger charge is -2.72. The molecular weight excluding hydrogens is 548 g/mol. The van der Waals surface area contributed by atoms with Crippen LogP contribution in [0.25, 0.3) is 11.3 Å². The van der Waals surface area contributed by atoms with Gasteiger partial charge in [0, 0.05) is 18.0 Å². The summed E-state index contributed by atoms with van der Waals surface area (Å²) in [4.78, 5) is 17.5. The van der Waals surface area contributed by atoms with Crippen LogP contribution in [0.5, 0.6) is 0 Å². The molecule has 7 rings (SSSR count). The van der Waals surface area contributed by atoms with Gasteiger partial charge in [0.15, 0.2) is 0 Å². The van der Waals surface area contributed by atoms with Gasteiger partial charge in [-0.05, 0) is 128 Å². The molecule has 5 fully saturated rings. The number of carbonyl (C=O) groups is 1. The minimum absolute atomic E-state index is 0.0658. The molecule has 2 heterocycles. The van der Waals surface area contributed by atoms with Gasteiger partial charge in [0.1, 0.15) is 5.69 Å². The van der Waals surface area contributed by atoms with Gasteiger partial charge < -0.3 is 10.2 Å². The highest BCUT2D eigenvalue weighted by molar-refractivity contribution is 5.76. The van der Waals surface area contributed by atoms with Crippen molar-refractivity contribution in [1.82, 2.24) is 20.0 Å². The van der Waals surface area contributed by atoms with Crippen LogP contribution in [0.15, 0.2) is 42.9 Å². The number of nitrogens with zero attached hydrogens (tertiary/aromatic N) is 4. The summed E-state index contributed by atoms with van der Waals surface area (Å²) in [5.41, 5.74) is 2.53. The lowest BCUT2D eigenvalue weighted by molar-refractivity contribution is -0.248. The Labute approximate surface area is 262 Å². The van der Waals surface area contributed by atoms with Crippen LogP contribution in [0.2, 0.25) is 0 Å². The Hall–Kier alpha value is -2.54. The van der Waals surface area contributed by atoms with E-state index in [1.165, 1.54) is 12.8 Å². The molecule has 0 aliphatic heterocycles. The average molecular weight is 601 g/mol. The van der Waals surface area contributed by atoms with Gasteiger partial charge >= 0.3 is 5.97 Å². The Morgan fingerprint density at radius 3 is 2.50 bits per heavy atom. The van der Waals surface area contributed by atoms with Crippen molar-refractivity contribution < 1.29 is 15.0 Å². The molecule has 0 saturated heterocycles. The van der Waals surface area contributed by atoms with Gasteiger partial charge in [0.2, 0.25) is 0 Å². The number of carboxylic acids is 1. The molecule has 0 radical (unpaired) electrons. The van der Waals surface area contributed by atoms with E-state index in [9.17, 15) is 15.0 Å². The minimum atomic E-state index is -0.664. The fourth-order valence-corrected chi connectivity index (χ4v) is 12.8. The predicted molar refractivity (Wildman–Crippen MR) is 170 cm³/mol. The number of allylic oxidation sites excluding steroid dienone is 1. The van der Waals surface area contributed by atoms with E-state index in [1.807, 2.05) is 23.0 Å². The summed E-state index contributed by atoms with van der Waals surface area (Å²) in [5.74, 6) is 1.16. The Kier molecular flexibility index (Phi) is 6.83. The first-order valence-corrected chi connectivity index (χ1v) is 17.2. The van der Waals surface area contributed by atoms with Gasteiger partial charge in [-0.3, -0.25) is 9.78 Å². The summed E-state index contributed by atoms with van der Waals surface area (Å²) in [6.07, 6.45) is 15.3. The lowest BCUT2D eigenvalue weighted by atomic mass is 9.32. The Bertz CT molecular complexity index is 1450. The largest absolute Gasteiger partial charge is 0.481 e. The molecule has 10 atom stereocenters. The molecule has 0 unspecified atom stereocenters. The SMILES string of the molecule is C=C(Cn1cc(-c2cccnc2)nn1)[C@@H]1CC[C@]2(C(=O)O)CC[C@]3(C)[C@H](CC[C@@H]4[C@@]5(C)CC[C@H](O)C(C)(C)[C@@H]5CC[C@]43C)[C@@H]12. The number of rotatable bonds is 5. The van der Waals surface area contributed by atoms with Gasteiger partial charge in [-0.1, -0.05) is 52.0 Å². The number of aromatic nitrogens is 4. The van der Waals surface area contributed by atoms with Gasteiger partial charge in [-0.25, -0.2) is 4.68 Å². The Morgan fingerprint density at radius 2 is 1.77 bits per heavy atom. The number of carboxylic acid groups (broad SMARTS) is 1. The zero-order chi connectivity index (χ0) is 31.3. The van der Waals surface area contributed by atoms with Crippen molar-refractivity contribution in [2.24, 2.45) is 56.7 Å². The third-order valence-corrected chi connectivity index (χ3v) is 15.2. The number of aliphatic hydroxyl groups excluding tert-OH is 1. The highest BCUT2D eigenvalue weighted by Gasteiger charge is 2.72. The summed E-state index contributed by atoms with van der Waals surface area (Å²) in [6.45, 7) is 17.5. The summed E-state index contributed by atoms with van der Waals surface area (Å²) in [5, 5.41) is 30.7. The van der Waals surface area contributed by atoms with Crippen LogP contribution in [0.3, 0.4) is 0 Å². The van der Waals surface area contributed by atoms with Crippen molar-refractivity contribution in [1.29, 1.82) is 0 Å². The van der Waals surface area contributed by atoms with Crippen molar-refractivity contribution >= 4 is 5.97 Å². The van der Waals surface area contributed by atoms with E-state index in [4.69, 9.17) is 0 Å². The van der Waals surface area contributed by atoms with Crippen LogP contribution >= 0.6 is 0 Å². The van der Waals surface area contributed by atoms with Crippen LogP contribution < -0.4 is 0 Å². The van der Waals surface area contributed by atoms with E-state index < -0.39 is 11.4 Å². The fourth-order valence-electron chi connectivity index (χ4n) is 12.8. The smallest absolute Gasteiger partial charge is 0.309 e. The molecule has 0 aromatic carbocycles. The molecule has 0 bridgehead atoms. The van der Waals surface area contributed by atoms with Gasteiger partial charge in [0.05, 0.1) is 24.3 Å². The minimum Gasteiger partial charge on any atom is -0.481 e. The second-order valence-electron chi connectivity index (χ2n) is 16.9. The fraction of sp³-hybridized carbons (Fsp3) is 0.730. The topological polar surface area (TPSA) is 101 Å². The van der Waals surface area contributed by atoms with E-state index >= 15 is 0 Å². The second kappa shape index (κ2) is 9.98. The average Bonchev–Trinajstić information content (AvgIpc) is 3.62. The van der Waals surface area contributed by atoms with E-state index in [0.717, 1.165) is 68.2 Å². The van der Waals surface area contributed by atoms with Gasteiger partial charge in [-0.2, -0.15) is 0 Å². The number of hydrogen-bond acceptors (Lipinski definition) is 5. The highest BCUT2D eigenvalue weighted by Crippen LogP contribution is 2.77. The third-order valence-electron chi connectivity index (χ3n) is 15.2. The monoisotopic (exact) mass is 600 g/mol. The number of aliphatic hydroxyl groups is 1. The van der Waals surface area contributed by atoms with Crippen molar-refractivity contribution in [2.45, 2.75) is 111 Å². The second-order valence-corrected chi connectivity index (χ2v) is 16.9. The summed E-state index contributed by atoms with van der Waals surface area (Å²) in [6, 6.07) is 3.89. The van der Waals surface area contributed by atoms with Crippen molar-refractivity contribution in [3.05, 3.63) is 42.9 Å². The molecule has 0 amide bonds. The maximum absolute atomic E-state index is 13.2. The molecule has 7 nitrogen and oxygen atoms in total. The first kappa shape index (κ1) is 30.1. The lowest BCUT2D eigenvalue weighted by Crippen LogP contribution is -2.67. The van der Waals surface area contributed by atoms with Crippen LogP contribution in [-0.2, 0) is 11.3 Å². The van der Waals surface area contributed by atoms with E-state index in [-0.39, 0.29) is 39.6 Å². The molecule has 238 valence electrons. The third kappa shape index (κ3) is 3.96. The van der Waals surface area contributed by atoms with Crippen LogP contribution in [0.4, 0.5) is 0 Å². The number of fused-ring (bicyclic) bond motifs is 7. The normalized spacial score (nSPS) is 44.1. The van der Waals surface area contributed by atoms with Crippen molar-refractivity contribution in [2.75, 3.05) is 0 Å². The zero-order valence-electron chi connectivity index (χ0n) is 27.4. The van der Waals surface area contributed by atoms with E-state index in [1.54, 1.807) is 12.4 Å². The van der Waals surface area contributed by atoms with Gasteiger partial charge in [-0.15, -0.1) is 5.10 Å². The number of hydrogen-bond donors (Lipinski definition) is 2. The molecular formula is C37H52N4O3. The summed E-state index contributed by atoms with van der Waals surface area (Å²) in [7, 11) is 0. The van der Waals surface area contributed by atoms with E-state index in [0.29, 0.717) is 24.3 Å². The Morgan fingerprint density at radius 1 is 0.977 bits per heavy atom. The highest BCUT2D eigenvalue weighted by atomic mass is 16.4. The number of pyridine rings is 1. The number of aliphatic carboxylic acids is 1. The quantitative estimate of drug-likeness (QED) is 0.346. The first-order chi connectivity index (χ1) is 20.8. The van der Waals surface area contributed by atoms with Crippen LogP contribution in [0, 0.1) is 56.7 Å².